The molecule has 0 bridgehead atoms. The maximum atomic E-state index is 13.0. The number of halogens is 1. The van der Waals surface area contributed by atoms with Crippen molar-refractivity contribution in [2.24, 2.45) is 5.92 Å². The van der Waals surface area contributed by atoms with Gasteiger partial charge >= 0.3 is 0 Å². The van der Waals surface area contributed by atoms with Gasteiger partial charge in [-0.1, -0.05) is 28.1 Å². The Bertz CT molecular complexity index is 952. The monoisotopic (exact) mass is 428 g/mol. The molecule has 2 atom stereocenters. The summed E-state index contributed by atoms with van der Waals surface area (Å²) in [6.45, 7) is 0.900. The number of nitrogens with zero attached hydrogens (tertiary/aromatic N) is 2. The molecule has 1 aliphatic rings. The summed E-state index contributed by atoms with van der Waals surface area (Å²) in [7, 11) is 0. The molecular weight excluding hydrogens is 408 g/mol. The number of ketones is 1. The van der Waals surface area contributed by atoms with Gasteiger partial charge in [0.05, 0.1) is 18.2 Å². The van der Waals surface area contributed by atoms with Gasteiger partial charge in [0.25, 0.3) is 0 Å². The Labute approximate surface area is 166 Å². The second-order valence-corrected chi connectivity index (χ2v) is 7.91. The molecule has 1 fully saturated rings. The molecule has 6 heteroatoms. The topological polar surface area (TPSA) is 63.8 Å². The molecule has 0 saturated carbocycles. The number of aliphatic hydroxyl groups is 1. The van der Waals surface area contributed by atoms with Crippen molar-refractivity contribution in [3.8, 4) is 0 Å². The molecule has 140 valence electrons. The Morgan fingerprint density at radius 3 is 2.89 bits per heavy atom. The maximum absolute atomic E-state index is 13.0. The van der Waals surface area contributed by atoms with Gasteiger partial charge in [0, 0.05) is 23.7 Å². The number of hydrogen-bond donors (Lipinski definition) is 1. The second-order valence-electron chi connectivity index (χ2n) is 7.00. The number of aliphatic hydroxyl groups excluding tert-OH is 1. The fourth-order valence-electron chi connectivity index (χ4n) is 3.62. The van der Waals surface area contributed by atoms with Crippen LogP contribution in [0.1, 0.15) is 34.5 Å². The highest BCUT2D eigenvalue weighted by Gasteiger charge is 2.28. The van der Waals surface area contributed by atoms with Crippen LogP contribution < -0.4 is 0 Å². The van der Waals surface area contributed by atoms with E-state index in [9.17, 15) is 9.90 Å². The van der Waals surface area contributed by atoms with E-state index in [-0.39, 0.29) is 11.7 Å². The average molecular weight is 429 g/mol. The minimum atomic E-state index is -0.580. The van der Waals surface area contributed by atoms with Crippen molar-refractivity contribution in [3.05, 3.63) is 70.0 Å². The van der Waals surface area contributed by atoms with Crippen LogP contribution in [0.15, 0.2) is 53.1 Å². The third-order valence-electron chi connectivity index (χ3n) is 5.13. The highest BCUT2D eigenvalue weighted by molar-refractivity contribution is 9.10. The number of hydrogen-bond acceptors (Lipinski definition) is 4. The number of rotatable bonds is 5. The van der Waals surface area contributed by atoms with Gasteiger partial charge in [-0.25, -0.2) is 4.52 Å². The summed E-state index contributed by atoms with van der Waals surface area (Å²) < 4.78 is 8.03. The summed E-state index contributed by atoms with van der Waals surface area (Å²) in [5, 5.41) is 14.5. The van der Waals surface area contributed by atoms with Crippen LogP contribution in [0.4, 0.5) is 0 Å². The minimum absolute atomic E-state index is 0.0108. The number of carbonyl (C=O) groups excluding carboxylic acids is 1. The molecule has 3 heterocycles. The van der Waals surface area contributed by atoms with Crippen molar-refractivity contribution in [1.82, 2.24) is 9.61 Å². The summed E-state index contributed by atoms with van der Waals surface area (Å²) in [6, 6.07) is 14.0. The fraction of sp³-hybridized carbons (Fsp3) is 0.333. The summed E-state index contributed by atoms with van der Waals surface area (Å²) >= 11 is 3.46. The van der Waals surface area contributed by atoms with Gasteiger partial charge in [-0.05, 0) is 60.2 Å². The van der Waals surface area contributed by atoms with Gasteiger partial charge in [0.2, 0.25) is 0 Å². The van der Waals surface area contributed by atoms with E-state index in [1.165, 1.54) is 5.56 Å². The fourth-order valence-corrected chi connectivity index (χ4v) is 3.88. The zero-order chi connectivity index (χ0) is 18.8. The van der Waals surface area contributed by atoms with E-state index in [1.54, 1.807) is 10.7 Å². The van der Waals surface area contributed by atoms with Crippen molar-refractivity contribution in [1.29, 1.82) is 0 Å². The molecule has 0 spiro atoms. The molecule has 27 heavy (non-hydrogen) atoms. The minimum Gasteiger partial charge on any atom is -0.390 e. The lowest BCUT2D eigenvalue weighted by molar-refractivity contribution is -0.0438. The third-order valence-corrected chi connectivity index (χ3v) is 5.65. The maximum Gasteiger partial charge on any atom is 0.181 e. The standard InChI is InChI=1S/C21H21BrN2O3/c22-17-5-3-14(4-6-17)10-16-11-19(24-18(16)2-1-8-23-24)20(25)12-15-7-9-27-13-21(15)26/h1-6,8,11,15,21,26H,7,9-10,12-13H2. The Morgan fingerprint density at radius 2 is 2.11 bits per heavy atom. The van der Waals surface area contributed by atoms with E-state index >= 15 is 0 Å². The zero-order valence-corrected chi connectivity index (χ0v) is 16.4. The molecule has 4 rings (SSSR count). The average Bonchev–Trinajstić information content (AvgIpc) is 3.04. The first-order valence-electron chi connectivity index (χ1n) is 9.11. The van der Waals surface area contributed by atoms with Gasteiger partial charge < -0.3 is 9.84 Å². The Balaban J connectivity index is 1.63. The Morgan fingerprint density at radius 1 is 1.30 bits per heavy atom. The molecular formula is C21H21BrN2O3. The van der Waals surface area contributed by atoms with Crippen molar-refractivity contribution < 1.29 is 14.6 Å². The first-order valence-corrected chi connectivity index (χ1v) is 9.90. The Kier molecular flexibility index (Phi) is 5.38. The van der Waals surface area contributed by atoms with Crippen LogP contribution in [-0.4, -0.2) is 39.8 Å². The van der Waals surface area contributed by atoms with Crippen LogP contribution in [-0.2, 0) is 11.2 Å². The summed E-state index contributed by atoms with van der Waals surface area (Å²) in [6.07, 6.45) is 2.86. The van der Waals surface area contributed by atoms with Crippen molar-refractivity contribution >= 4 is 27.2 Å². The Hall–Kier alpha value is -2.02. The molecule has 1 aliphatic heterocycles. The molecule has 1 N–H and O–H groups in total. The third kappa shape index (κ3) is 3.98. The van der Waals surface area contributed by atoms with Crippen LogP contribution in [0, 0.1) is 5.92 Å². The van der Waals surface area contributed by atoms with Crippen LogP contribution in [0.3, 0.4) is 0 Å². The summed E-state index contributed by atoms with van der Waals surface area (Å²) in [5.74, 6) is -0.0489. The van der Waals surface area contributed by atoms with Gasteiger partial charge in [-0.15, -0.1) is 0 Å². The van der Waals surface area contributed by atoms with Crippen LogP contribution >= 0.6 is 15.9 Å². The first-order chi connectivity index (χ1) is 13.1. The van der Waals surface area contributed by atoms with E-state index in [0.717, 1.165) is 22.0 Å². The SMILES string of the molecule is O=C(CC1CCOCC1O)c1cc(Cc2ccc(Br)cc2)c2cccnn12. The van der Waals surface area contributed by atoms with Crippen molar-refractivity contribution in [3.63, 3.8) is 0 Å². The molecule has 2 aromatic heterocycles. The number of Topliss-reactive ketones (excluding diaryl/α,β-unsaturated/α-hetero) is 1. The molecule has 0 aliphatic carbocycles. The number of ether oxygens (including phenoxy) is 1. The first kappa shape index (κ1) is 18.3. The number of aromatic nitrogens is 2. The van der Waals surface area contributed by atoms with Gasteiger partial charge in [0.15, 0.2) is 5.78 Å². The van der Waals surface area contributed by atoms with Gasteiger partial charge in [0.1, 0.15) is 5.69 Å². The van der Waals surface area contributed by atoms with E-state index in [4.69, 9.17) is 4.74 Å². The molecule has 0 radical (unpaired) electrons. The molecule has 5 nitrogen and oxygen atoms in total. The van der Waals surface area contributed by atoms with E-state index < -0.39 is 6.10 Å². The number of benzene rings is 1. The van der Waals surface area contributed by atoms with E-state index in [2.05, 4.69) is 33.2 Å². The molecule has 0 amide bonds. The van der Waals surface area contributed by atoms with Crippen molar-refractivity contribution in [2.45, 2.75) is 25.4 Å². The normalized spacial score (nSPS) is 20.1. The highest BCUT2D eigenvalue weighted by Crippen LogP contribution is 2.25. The number of carbonyl (C=O) groups is 1. The largest absolute Gasteiger partial charge is 0.390 e. The van der Waals surface area contributed by atoms with Gasteiger partial charge in [-0.3, -0.25) is 4.79 Å². The molecule has 3 aromatic rings. The molecule has 1 saturated heterocycles. The predicted octanol–water partition coefficient (Wildman–Crippen LogP) is 3.66. The summed E-state index contributed by atoms with van der Waals surface area (Å²) in [5.41, 5.74) is 3.77. The van der Waals surface area contributed by atoms with Gasteiger partial charge in [-0.2, -0.15) is 5.10 Å². The number of fused-ring (bicyclic) bond motifs is 1. The predicted molar refractivity (Wildman–Crippen MR) is 106 cm³/mol. The highest BCUT2D eigenvalue weighted by atomic mass is 79.9. The van der Waals surface area contributed by atoms with E-state index in [0.29, 0.717) is 31.7 Å². The zero-order valence-electron chi connectivity index (χ0n) is 14.8. The summed E-state index contributed by atoms with van der Waals surface area (Å²) in [4.78, 5) is 13.0. The van der Waals surface area contributed by atoms with Crippen LogP contribution in [0.5, 0.6) is 0 Å². The lowest BCUT2D eigenvalue weighted by Crippen LogP contribution is -2.33. The van der Waals surface area contributed by atoms with Crippen LogP contribution in [0.25, 0.3) is 5.52 Å². The molecule has 2 unspecified atom stereocenters. The lowest BCUT2D eigenvalue weighted by Gasteiger charge is -2.26. The second kappa shape index (κ2) is 7.92. The molecule has 1 aromatic carbocycles. The van der Waals surface area contributed by atoms with Crippen LogP contribution in [0.2, 0.25) is 0 Å². The lowest BCUT2D eigenvalue weighted by atomic mass is 9.91. The smallest absolute Gasteiger partial charge is 0.181 e. The van der Waals surface area contributed by atoms with E-state index in [1.807, 2.05) is 30.3 Å². The quantitative estimate of drug-likeness (QED) is 0.629. The van der Waals surface area contributed by atoms with Crippen molar-refractivity contribution in [2.75, 3.05) is 13.2 Å².